The Morgan fingerprint density at radius 2 is 1.54 bits per heavy atom. The molecule has 1 aromatic carbocycles. The van der Waals surface area contributed by atoms with Crippen LogP contribution in [0.2, 0.25) is 0 Å². The lowest BCUT2D eigenvalue weighted by atomic mass is 10.0. The van der Waals surface area contributed by atoms with Gasteiger partial charge in [-0.1, -0.05) is 44.2 Å². The summed E-state index contributed by atoms with van der Waals surface area (Å²) in [7, 11) is -5.09. The van der Waals surface area contributed by atoms with E-state index < -0.39 is 74.2 Å². The van der Waals surface area contributed by atoms with E-state index in [9.17, 15) is 38.4 Å². The second kappa shape index (κ2) is 19.5. The van der Waals surface area contributed by atoms with Crippen LogP contribution in [0, 0.1) is 5.92 Å². The van der Waals surface area contributed by atoms with E-state index in [0.717, 1.165) is 12.5 Å². The summed E-state index contributed by atoms with van der Waals surface area (Å²) in [6.45, 7) is 4.82. The van der Waals surface area contributed by atoms with E-state index in [0.29, 0.717) is 5.69 Å². The molecule has 5 atom stereocenters. The number of carbonyl (C=O) groups excluding carboxylic acids is 6. The van der Waals surface area contributed by atoms with E-state index in [1.165, 1.54) is 24.3 Å². The number of phosphoric acid groups is 1. The number of nitrogens with zero attached hydrogens (tertiary/aromatic N) is 2. The first-order valence-electron chi connectivity index (χ1n) is 15.5. The summed E-state index contributed by atoms with van der Waals surface area (Å²) >= 11 is 0. The number of carbonyl (C=O) groups is 6. The molecule has 10 N–H and O–H groups in total. The molecule has 1 aromatic heterocycles. The van der Waals surface area contributed by atoms with Gasteiger partial charge >= 0.3 is 7.82 Å². The zero-order chi connectivity index (χ0) is 37.6. The molecule has 0 saturated carbocycles. The van der Waals surface area contributed by atoms with Crippen molar-refractivity contribution in [3.05, 3.63) is 54.1 Å². The molecule has 276 valence electrons. The molecule has 1 heterocycles. The topological polar surface area (TPSA) is 295 Å². The highest BCUT2D eigenvalue weighted by molar-refractivity contribution is 7.46. The third kappa shape index (κ3) is 14.4. The first-order chi connectivity index (χ1) is 23.4. The van der Waals surface area contributed by atoms with Crippen molar-refractivity contribution < 1.29 is 52.7 Å². The Morgan fingerprint density at radius 3 is 2.06 bits per heavy atom. The summed E-state index contributed by atoms with van der Waals surface area (Å²) < 4.78 is 15.6. The minimum absolute atomic E-state index is 0.100. The molecule has 6 amide bonds. The van der Waals surface area contributed by atoms with Crippen LogP contribution >= 0.6 is 7.82 Å². The van der Waals surface area contributed by atoms with Crippen LogP contribution in [0.5, 0.6) is 0 Å². The van der Waals surface area contributed by atoms with E-state index in [1.54, 1.807) is 24.3 Å². The van der Waals surface area contributed by atoms with Crippen LogP contribution < -0.4 is 27.0 Å². The predicted molar refractivity (Wildman–Crippen MR) is 176 cm³/mol. The van der Waals surface area contributed by atoms with E-state index in [-0.39, 0.29) is 37.8 Å². The molecule has 0 aliphatic rings. The standard InChI is InChI=1S/C30H45N8O11P/c1-17(2)10-22(34-25(41)14-38(19(4)40)13-20-8-6-5-7-9-20)28(43)35-23(11-21-12-32-16-33-21)29(44)36-24(15-39)30(45)37-26(27(31)42)18(3)49-50(46,47)48/h5-9,12,16-18,22-24,26,39H,10-11,13-15H2,1-4H3,(H2,31,42)(H,32,33)(H,34,41)(H,35,43)(H,36,44)(H,37,45)(H2,46,47,48)/t18-,22?,23+,24+,26+/m1/s1. The number of amides is 6. The summed E-state index contributed by atoms with van der Waals surface area (Å²) in [5.41, 5.74) is 6.45. The van der Waals surface area contributed by atoms with Gasteiger partial charge in [0.25, 0.3) is 0 Å². The number of imidazole rings is 1. The van der Waals surface area contributed by atoms with Crippen molar-refractivity contribution in [1.82, 2.24) is 36.1 Å². The molecule has 0 bridgehead atoms. The maximum atomic E-state index is 13.6. The fourth-order valence-electron chi connectivity index (χ4n) is 4.71. The Bertz CT molecular complexity index is 1500. The average Bonchev–Trinajstić information content (AvgIpc) is 3.53. The number of H-pyrrole nitrogens is 1. The Labute approximate surface area is 288 Å². The number of rotatable bonds is 20. The second-order valence-electron chi connectivity index (χ2n) is 11.9. The highest BCUT2D eigenvalue weighted by Gasteiger charge is 2.35. The largest absolute Gasteiger partial charge is 0.469 e. The number of hydrogen-bond donors (Lipinski definition) is 9. The minimum Gasteiger partial charge on any atom is -0.394 e. The number of primary amides is 1. The molecule has 0 fully saturated rings. The van der Waals surface area contributed by atoms with Crippen LogP contribution in [0.4, 0.5) is 0 Å². The lowest BCUT2D eigenvalue weighted by Crippen LogP contribution is -2.60. The predicted octanol–water partition coefficient (Wildman–Crippen LogP) is -2.04. The molecule has 0 aliphatic carbocycles. The van der Waals surface area contributed by atoms with Gasteiger partial charge in [0.05, 0.1) is 25.6 Å². The number of aliphatic hydroxyl groups excluding tert-OH is 1. The van der Waals surface area contributed by atoms with Crippen LogP contribution in [-0.4, -0.2) is 109 Å². The van der Waals surface area contributed by atoms with E-state index in [1.807, 2.05) is 19.9 Å². The van der Waals surface area contributed by atoms with Gasteiger partial charge in [-0.2, -0.15) is 0 Å². The number of benzene rings is 1. The van der Waals surface area contributed by atoms with Gasteiger partial charge in [-0.25, -0.2) is 9.55 Å². The quantitative estimate of drug-likeness (QED) is 0.0668. The summed E-state index contributed by atoms with van der Waals surface area (Å²) in [6.07, 6.45) is 1.10. The fraction of sp³-hybridized carbons (Fsp3) is 0.500. The molecular formula is C30H45N8O11P. The van der Waals surface area contributed by atoms with Crippen LogP contribution in [0.1, 0.15) is 45.4 Å². The van der Waals surface area contributed by atoms with Crippen molar-refractivity contribution in [2.45, 2.75) is 77.4 Å². The van der Waals surface area contributed by atoms with Crippen LogP contribution in [-0.2, 0) is 50.8 Å². The minimum atomic E-state index is -5.09. The number of aliphatic hydroxyl groups is 1. The molecule has 50 heavy (non-hydrogen) atoms. The Morgan fingerprint density at radius 1 is 0.940 bits per heavy atom. The number of nitrogens with one attached hydrogen (secondary N) is 5. The van der Waals surface area contributed by atoms with Crippen LogP contribution in [0.25, 0.3) is 0 Å². The van der Waals surface area contributed by atoms with Gasteiger partial charge in [-0.05, 0) is 24.8 Å². The SMILES string of the molecule is CC(=O)N(CC(=O)NC(CC(C)C)C(=O)N[C@@H](Cc1cnc[nH]1)C(=O)N[C@@H](CO)C(=O)N[C@H](C(N)=O)[C@@H](C)OP(=O)(O)O)Cc1ccccc1. The third-order valence-electron chi connectivity index (χ3n) is 7.16. The van der Waals surface area contributed by atoms with Gasteiger partial charge in [0.2, 0.25) is 35.4 Å². The van der Waals surface area contributed by atoms with Crippen molar-refractivity contribution >= 4 is 43.3 Å². The zero-order valence-corrected chi connectivity index (χ0v) is 29.0. The highest BCUT2D eigenvalue weighted by atomic mass is 31.2. The molecule has 2 rings (SSSR count). The van der Waals surface area contributed by atoms with Crippen molar-refractivity contribution in [3.8, 4) is 0 Å². The summed E-state index contributed by atoms with van der Waals surface area (Å²) in [6, 6.07) is 2.98. The first kappa shape index (κ1) is 41.5. The third-order valence-corrected chi connectivity index (χ3v) is 7.77. The van der Waals surface area contributed by atoms with Crippen molar-refractivity contribution in [3.63, 3.8) is 0 Å². The van der Waals surface area contributed by atoms with Gasteiger partial charge in [-0.3, -0.25) is 33.3 Å². The fourth-order valence-corrected chi connectivity index (χ4v) is 5.27. The number of phosphoric ester groups is 1. The second-order valence-corrected chi connectivity index (χ2v) is 13.1. The van der Waals surface area contributed by atoms with Gasteiger partial charge in [0, 0.05) is 31.8 Å². The maximum Gasteiger partial charge on any atom is 0.469 e. The zero-order valence-electron chi connectivity index (χ0n) is 28.1. The first-order valence-corrected chi connectivity index (χ1v) is 17.0. The van der Waals surface area contributed by atoms with E-state index in [2.05, 4.69) is 35.8 Å². The van der Waals surface area contributed by atoms with Gasteiger partial charge in [0.1, 0.15) is 24.2 Å². The molecule has 0 saturated heterocycles. The lowest BCUT2D eigenvalue weighted by molar-refractivity contribution is -0.137. The average molecular weight is 725 g/mol. The van der Waals surface area contributed by atoms with Crippen molar-refractivity contribution in [1.29, 1.82) is 0 Å². The van der Waals surface area contributed by atoms with Gasteiger partial charge in [0.15, 0.2) is 0 Å². The number of aromatic nitrogens is 2. The molecular weight excluding hydrogens is 679 g/mol. The monoisotopic (exact) mass is 724 g/mol. The number of aromatic amines is 1. The maximum absolute atomic E-state index is 13.6. The number of nitrogens with two attached hydrogens (primary N) is 1. The van der Waals surface area contributed by atoms with Crippen molar-refractivity contribution in [2.24, 2.45) is 11.7 Å². The normalized spacial score (nSPS) is 14.4. The summed E-state index contributed by atoms with van der Waals surface area (Å²) in [5, 5.41) is 19.5. The smallest absolute Gasteiger partial charge is 0.394 e. The molecule has 2 aromatic rings. The van der Waals surface area contributed by atoms with Crippen LogP contribution in [0.3, 0.4) is 0 Å². The highest BCUT2D eigenvalue weighted by Crippen LogP contribution is 2.38. The Hall–Kier alpha value is -4.68. The van der Waals surface area contributed by atoms with E-state index >= 15 is 0 Å². The van der Waals surface area contributed by atoms with Crippen LogP contribution in [0.15, 0.2) is 42.9 Å². The Balaban J connectivity index is 2.22. The van der Waals surface area contributed by atoms with Gasteiger partial charge < -0.3 is 51.8 Å². The van der Waals surface area contributed by atoms with Gasteiger partial charge in [-0.15, -0.1) is 0 Å². The number of hydrogen-bond acceptors (Lipinski definition) is 10. The lowest BCUT2D eigenvalue weighted by Gasteiger charge is -2.27. The summed E-state index contributed by atoms with van der Waals surface area (Å²) in [5.74, 6) is -5.19. The van der Waals surface area contributed by atoms with E-state index in [4.69, 9.17) is 15.5 Å². The molecule has 0 radical (unpaired) electrons. The molecule has 20 heteroatoms. The molecule has 0 aliphatic heterocycles. The Kier molecular flexibility index (Phi) is 16.2. The molecule has 1 unspecified atom stereocenters. The summed E-state index contributed by atoms with van der Waals surface area (Å²) in [4.78, 5) is 103. The van der Waals surface area contributed by atoms with Crippen molar-refractivity contribution in [2.75, 3.05) is 13.2 Å². The molecule has 0 spiro atoms. The molecule has 19 nitrogen and oxygen atoms in total.